The number of aromatic nitrogens is 3. The van der Waals surface area contributed by atoms with Gasteiger partial charge in [-0.1, -0.05) is 35.7 Å². The number of halogens is 1. The summed E-state index contributed by atoms with van der Waals surface area (Å²) in [6, 6.07) is 0. The molecule has 0 N–H and O–H groups in total. The van der Waals surface area contributed by atoms with Crippen molar-refractivity contribution in [3.8, 4) is 0 Å². The molecule has 0 bridgehead atoms. The highest BCUT2D eigenvalue weighted by Gasteiger charge is 2.53. The van der Waals surface area contributed by atoms with Gasteiger partial charge < -0.3 is 4.57 Å². The van der Waals surface area contributed by atoms with Crippen molar-refractivity contribution in [1.29, 1.82) is 0 Å². The first-order chi connectivity index (χ1) is 8.36. The average Bonchev–Trinajstić information content (AvgIpc) is 2.96. The molecule has 0 spiro atoms. The van der Waals surface area contributed by atoms with E-state index in [1.165, 1.54) is 31.5 Å². The summed E-state index contributed by atoms with van der Waals surface area (Å²) in [5, 5.41) is 9.63. The van der Waals surface area contributed by atoms with Crippen LogP contribution in [-0.2, 0) is 11.9 Å². The van der Waals surface area contributed by atoms with Crippen LogP contribution in [0.1, 0.15) is 56.6 Å². The molecule has 0 aliphatic heterocycles. The van der Waals surface area contributed by atoms with Gasteiger partial charge in [-0.15, -0.1) is 10.2 Å². The molecule has 0 aromatic carbocycles. The molecule has 2 aliphatic carbocycles. The summed E-state index contributed by atoms with van der Waals surface area (Å²) in [4.78, 5) is 0. The Morgan fingerprint density at radius 1 is 1.24 bits per heavy atom. The highest BCUT2D eigenvalue weighted by molar-refractivity contribution is 9.08. The first-order valence-electron chi connectivity index (χ1n) is 6.84. The molecule has 3 rings (SSSR count). The third-order valence-electron chi connectivity index (χ3n) is 4.38. The summed E-state index contributed by atoms with van der Waals surface area (Å²) in [5.41, 5.74) is 0. The molecular formula is C13H20BrN3. The lowest BCUT2D eigenvalue weighted by Gasteiger charge is -2.07. The maximum absolute atomic E-state index is 4.47. The fourth-order valence-electron chi connectivity index (χ4n) is 3.54. The van der Waals surface area contributed by atoms with Crippen LogP contribution in [-0.4, -0.2) is 14.8 Å². The number of alkyl halides is 1. The zero-order chi connectivity index (χ0) is 11.8. The Bertz CT molecular complexity index is 389. The van der Waals surface area contributed by atoms with Gasteiger partial charge in [0.15, 0.2) is 0 Å². The summed E-state index contributed by atoms with van der Waals surface area (Å²) in [6.45, 7) is 3.29. The minimum atomic E-state index is 0.726. The number of fused-ring (bicyclic) bond motifs is 1. The quantitative estimate of drug-likeness (QED) is 0.797. The van der Waals surface area contributed by atoms with E-state index < -0.39 is 0 Å². The fraction of sp³-hybridized carbons (Fsp3) is 0.846. The molecule has 1 aromatic heterocycles. The topological polar surface area (TPSA) is 30.7 Å². The highest BCUT2D eigenvalue weighted by atomic mass is 79.9. The van der Waals surface area contributed by atoms with Crippen LogP contribution in [0.15, 0.2) is 0 Å². The molecule has 0 amide bonds. The molecule has 3 nitrogen and oxygen atoms in total. The second kappa shape index (κ2) is 4.71. The molecular weight excluding hydrogens is 278 g/mol. The van der Waals surface area contributed by atoms with Crippen LogP contribution in [0.2, 0.25) is 0 Å². The van der Waals surface area contributed by atoms with Crippen molar-refractivity contribution >= 4 is 15.9 Å². The molecule has 0 saturated heterocycles. The van der Waals surface area contributed by atoms with E-state index in [1.807, 2.05) is 0 Å². The van der Waals surface area contributed by atoms with Gasteiger partial charge in [-0.25, -0.2) is 0 Å². The third-order valence-corrected chi connectivity index (χ3v) is 4.88. The SMILES string of the molecule is CCCn1c(CBr)nnc1C1C2CCCCC21. The Hall–Kier alpha value is -0.380. The van der Waals surface area contributed by atoms with E-state index in [2.05, 4.69) is 37.6 Å². The van der Waals surface area contributed by atoms with Crippen molar-refractivity contribution in [2.45, 2.75) is 56.8 Å². The third kappa shape index (κ3) is 1.94. The molecule has 1 aromatic rings. The molecule has 0 radical (unpaired) electrons. The summed E-state index contributed by atoms with van der Waals surface area (Å²) in [5.74, 6) is 4.95. The summed E-state index contributed by atoms with van der Waals surface area (Å²) in [7, 11) is 0. The minimum Gasteiger partial charge on any atom is -0.314 e. The van der Waals surface area contributed by atoms with Crippen molar-refractivity contribution in [1.82, 2.24) is 14.8 Å². The van der Waals surface area contributed by atoms with Gasteiger partial charge in [-0.05, 0) is 31.1 Å². The van der Waals surface area contributed by atoms with E-state index >= 15 is 0 Å². The normalized spacial score (nSPS) is 31.3. The first-order valence-corrected chi connectivity index (χ1v) is 7.97. The maximum Gasteiger partial charge on any atom is 0.143 e. The number of nitrogens with zero attached hydrogens (tertiary/aromatic N) is 3. The van der Waals surface area contributed by atoms with E-state index in [4.69, 9.17) is 0 Å². The predicted octanol–water partition coefficient (Wildman–Crippen LogP) is 3.49. The Morgan fingerprint density at radius 3 is 2.53 bits per heavy atom. The van der Waals surface area contributed by atoms with E-state index in [9.17, 15) is 0 Å². The molecule has 4 heteroatoms. The van der Waals surface area contributed by atoms with Gasteiger partial charge in [-0.3, -0.25) is 0 Å². The van der Waals surface area contributed by atoms with Gasteiger partial charge in [0.2, 0.25) is 0 Å². The molecule has 1 heterocycles. The predicted molar refractivity (Wildman–Crippen MR) is 71.1 cm³/mol. The van der Waals surface area contributed by atoms with Gasteiger partial charge in [-0.2, -0.15) is 0 Å². The monoisotopic (exact) mass is 297 g/mol. The number of rotatable bonds is 4. The van der Waals surface area contributed by atoms with Gasteiger partial charge in [0.1, 0.15) is 11.6 Å². The Morgan fingerprint density at radius 2 is 1.94 bits per heavy atom. The Balaban J connectivity index is 1.85. The number of hydrogen-bond donors (Lipinski definition) is 0. The summed E-state index contributed by atoms with van der Waals surface area (Å²) >= 11 is 3.51. The smallest absolute Gasteiger partial charge is 0.143 e. The lowest BCUT2D eigenvalue weighted by Crippen LogP contribution is -2.06. The molecule has 2 aliphatic rings. The second-order valence-electron chi connectivity index (χ2n) is 5.40. The molecule has 17 heavy (non-hydrogen) atoms. The average molecular weight is 298 g/mol. The summed E-state index contributed by atoms with van der Waals surface area (Å²) in [6.07, 6.45) is 6.83. The van der Waals surface area contributed by atoms with Crippen molar-refractivity contribution in [3.63, 3.8) is 0 Å². The van der Waals surface area contributed by atoms with Crippen molar-refractivity contribution < 1.29 is 0 Å². The van der Waals surface area contributed by atoms with Crippen LogP contribution in [0.25, 0.3) is 0 Å². The van der Waals surface area contributed by atoms with Crippen molar-refractivity contribution in [3.05, 3.63) is 11.6 Å². The molecule has 2 fully saturated rings. The van der Waals surface area contributed by atoms with Crippen LogP contribution in [0, 0.1) is 11.8 Å². The van der Waals surface area contributed by atoms with Crippen LogP contribution in [0.4, 0.5) is 0 Å². The van der Waals surface area contributed by atoms with E-state index in [1.54, 1.807) is 0 Å². The van der Waals surface area contributed by atoms with E-state index in [0.717, 1.165) is 41.9 Å². The van der Waals surface area contributed by atoms with Gasteiger partial charge >= 0.3 is 0 Å². The van der Waals surface area contributed by atoms with E-state index in [0.29, 0.717) is 0 Å². The van der Waals surface area contributed by atoms with Crippen LogP contribution in [0.3, 0.4) is 0 Å². The molecule has 94 valence electrons. The first kappa shape index (κ1) is 11.7. The fourth-order valence-corrected chi connectivity index (χ4v) is 3.95. The second-order valence-corrected chi connectivity index (χ2v) is 5.96. The van der Waals surface area contributed by atoms with E-state index in [-0.39, 0.29) is 0 Å². The molecule has 2 saturated carbocycles. The standard InChI is InChI=1S/C13H20BrN3/c1-2-7-17-11(8-14)15-16-13(17)12-9-5-3-4-6-10(9)12/h9-10,12H,2-8H2,1H3. The molecule has 2 atom stereocenters. The Labute approximate surface area is 111 Å². The van der Waals surface area contributed by atoms with Crippen molar-refractivity contribution in [2.75, 3.05) is 0 Å². The zero-order valence-electron chi connectivity index (χ0n) is 10.4. The van der Waals surface area contributed by atoms with Crippen LogP contribution < -0.4 is 0 Å². The van der Waals surface area contributed by atoms with Gasteiger partial charge in [0, 0.05) is 12.5 Å². The minimum absolute atomic E-state index is 0.726. The maximum atomic E-state index is 4.47. The van der Waals surface area contributed by atoms with Crippen molar-refractivity contribution in [2.24, 2.45) is 11.8 Å². The van der Waals surface area contributed by atoms with Gasteiger partial charge in [0.05, 0.1) is 5.33 Å². The highest BCUT2D eigenvalue weighted by Crippen LogP contribution is 2.60. The number of hydrogen-bond acceptors (Lipinski definition) is 2. The lowest BCUT2D eigenvalue weighted by molar-refractivity contribution is 0.480. The lowest BCUT2D eigenvalue weighted by atomic mass is 10.0. The van der Waals surface area contributed by atoms with Crippen LogP contribution >= 0.6 is 15.9 Å². The largest absolute Gasteiger partial charge is 0.314 e. The zero-order valence-corrected chi connectivity index (χ0v) is 12.0. The molecule has 2 unspecified atom stereocenters. The Kier molecular flexibility index (Phi) is 3.24. The summed E-state index contributed by atoms with van der Waals surface area (Å²) < 4.78 is 2.36. The van der Waals surface area contributed by atoms with Gasteiger partial charge in [0.25, 0.3) is 0 Å². The van der Waals surface area contributed by atoms with Crippen LogP contribution in [0.5, 0.6) is 0 Å².